The highest BCUT2D eigenvalue weighted by atomic mass is 16.4. The average molecular weight is 407 g/mol. The third-order valence-electron chi connectivity index (χ3n) is 5.10. The smallest absolute Gasteiger partial charge is 0.251 e. The van der Waals surface area contributed by atoms with Crippen molar-refractivity contribution >= 4 is 5.91 Å². The molecule has 0 aliphatic carbocycles. The summed E-state index contributed by atoms with van der Waals surface area (Å²) in [5.41, 5.74) is 3.45. The molecule has 6 heteroatoms. The van der Waals surface area contributed by atoms with Gasteiger partial charge in [0.1, 0.15) is 0 Å². The highest BCUT2D eigenvalue weighted by Crippen LogP contribution is 2.24. The molecule has 158 valence electrons. The Hall–Kier alpha value is -2.99. The zero-order valence-corrected chi connectivity index (χ0v) is 18.3. The van der Waals surface area contributed by atoms with E-state index in [2.05, 4.69) is 48.1 Å². The Morgan fingerprint density at radius 3 is 1.90 bits per heavy atom. The van der Waals surface area contributed by atoms with Gasteiger partial charge in [-0.15, -0.1) is 10.2 Å². The number of aromatic nitrogens is 2. The number of carbonyl (C=O) groups is 1. The van der Waals surface area contributed by atoms with Gasteiger partial charge in [0.15, 0.2) is 0 Å². The second-order valence-corrected chi connectivity index (χ2v) is 8.04. The van der Waals surface area contributed by atoms with Crippen molar-refractivity contribution in [1.29, 1.82) is 0 Å². The molecule has 3 aromatic rings. The molecule has 0 spiro atoms. The van der Waals surface area contributed by atoms with E-state index in [0.717, 1.165) is 17.7 Å². The van der Waals surface area contributed by atoms with Gasteiger partial charge in [-0.1, -0.05) is 17.7 Å². The maximum Gasteiger partial charge on any atom is 0.251 e. The molecule has 30 heavy (non-hydrogen) atoms. The van der Waals surface area contributed by atoms with E-state index in [1.165, 1.54) is 5.56 Å². The predicted octanol–water partition coefficient (Wildman–Crippen LogP) is 4.56. The summed E-state index contributed by atoms with van der Waals surface area (Å²) in [7, 11) is 0. The summed E-state index contributed by atoms with van der Waals surface area (Å²) in [5.74, 6) is 0.827. The van der Waals surface area contributed by atoms with Gasteiger partial charge in [0.05, 0.1) is 0 Å². The number of nitrogens with one attached hydrogen (secondary N) is 1. The molecule has 0 atom stereocenters. The van der Waals surface area contributed by atoms with E-state index in [9.17, 15) is 4.79 Å². The monoisotopic (exact) mass is 406 g/mol. The first-order valence-electron chi connectivity index (χ1n) is 10.4. The molecular formula is C24H30N4O2. The molecule has 6 nitrogen and oxygen atoms in total. The van der Waals surface area contributed by atoms with Gasteiger partial charge in [-0.3, -0.25) is 9.69 Å². The van der Waals surface area contributed by atoms with Crippen LogP contribution in [0.25, 0.3) is 22.9 Å². The standard InChI is InChI=1S/C24H30N4O2/c1-16(2)28(17(3)4)15-14-25-22(29)19-10-12-21(13-11-19)24-27-26-23(30-24)20-8-6-18(5)7-9-20/h6-13,16-17H,14-15H2,1-5H3,(H,25,29). The van der Waals surface area contributed by atoms with E-state index < -0.39 is 0 Å². The number of nitrogens with zero attached hydrogens (tertiary/aromatic N) is 3. The van der Waals surface area contributed by atoms with Gasteiger partial charge >= 0.3 is 0 Å². The molecule has 1 heterocycles. The fourth-order valence-electron chi connectivity index (χ4n) is 3.43. The summed E-state index contributed by atoms with van der Waals surface area (Å²) in [4.78, 5) is 14.8. The van der Waals surface area contributed by atoms with Crippen molar-refractivity contribution in [3.05, 3.63) is 59.7 Å². The molecule has 0 bridgehead atoms. The van der Waals surface area contributed by atoms with Crippen molar-refractivity contribution in [2.75, 3.05) is 13.1 Å². The third kappa shape index (κ3) is 5.33. The van der Waals surface area contributed by atoms with Crippen LogP contribution in [0, 0.1) is 6.92 Å². The van der Waals surface area contributed by atoms with Gasteiger partial charge in [-0.2, -0.15) is 0 Å². The Balaban J connectivity index is 1.61. The van der Waals surface area contributed by atoms with Gasteiger partial charge in [0, 0.05) is 41.9 Å². The molecule has 0 radical (unpaired) electrons. The number of benzene rings is 2. The van der Waals surface area contributed by atoms with Gasteiger partial charge in [0.2, 0.25) is 11.8 Å². The van der Waals surface area contributed by atoms with Crippen LogP contribution in [-0.2, 0) is 0 Å². The number of aryl methyl sites for hydroxylation is 1. The molecule has 0 saturated carbocycles. The van der Waals surface area contributed by atoms with Crippen LogP contribution in [0.1, 0.15) is 43.6 Å². The van der Waals surface area contributed by atoms with Gasteiger partial charge in [-0.25, -0.2) is 0 Å². The largest absolute Gasteiger partial charge is 0.416 e. The molecule has 1 amide bonds. The molecule has 1 aromatic heterocycles. The Morgan fingerprint density at radius 2 is 1.40 bits per heavy atom. The van der Waals surface area contributed by atoms with Crippen molar-refractivity contribution in [2.45, 2.75) is 46.7 Å². The topological polar surface area (TPSA) is 71.3 Å². The summed E-state index contributed by atoms with van der Waals surface area (Å²) in [6.07, 6.45) is 0. The average Bonchev–Trinajstić information content (AvgIpc) is 3.21. The fraction of sp³-hybridized carbons (Fsp3) is 0.375. The highest BCUT2D eigenvalue weighted by molar-refractivity contribution is 5.94. The van der Waals surface area contributed by atoms with E-state index in [-0.39, 0.29) is 5.91 Å². The first kappa shape index (κ1) is 21.7. The minimum Gasteiger partial charge on any atom is -0.416 e. The highest BCUT2D eigenvalue weighted by Gasteiger charge is 2.14. The maximum atomic E-state index is 12.4. The Morgan fingerprint density at radius 1 is 0.900 bits per heavy atom. The summed E-state index contributed by atoms with van der Waals surface area (Å²) in [6.45, 7) is 12.1. The lowest BCUT2D eigenvalue weighted by Gasteiger charge is -2.30. The Labute approximate surface area is 178 Å². The minimum absolute atomic E-state index is 0.0834. The summed E-state index contributed by atoms with van der Waals surface area (Å²) < 4.78 is 5.80. The van der Waals surface area contributed by atoms with Crippen LogP contribution >= 0.6 is 0 Å². The molecule has 0 aliphatic heterocycles. The van der Waals surface area contributed by atoms with Gasteiger partial charge in [0.25, 0.3) is 5.91 Å². The number of hydrogen-bond acceptors (Lipinski definition) is 5. The van der Waals surface area contributed by atoms with E-state index >= 15 is 0 Å². The fourth-order valence-corrected chi connectivity index (χ4v) is 3.43. The summed E-state index contributed by atoms with van der Waals surface area (Å²) in [6, 6.07) is 16.0. The zero-order chi connectivity index (χ0) is 21.7. The summed E-state index contributed by atoms with van der Waals surface area (Å²) >= 11 is 0. The molecule has 0 aliphatic rings. The summed E-state index contributed by atoms with van der Waals surface area (Å²) in [5, 5.41) is 11.3. The lowest BCUT2D eigenvalue weighted by molar-refractivity contribution is 0.0939. The van der Waals surface area contributed by atoms with E-state index in [4.69, 9.17) is 4.42 Å². The second-order valence-electron chi connectivity index (χ2n) is 8.04. The number of rotatable bonds is 8. The molecule has 3 rings (SSSR count). The molecule has 1 N–H and O–H groups in total. The lowest BCUT2D eigenvalue weighted by atomic mass is 10.1. The van der Waals surface area contributed by atoms with Crippen molar-refractivity contribution in [3.63, 3.8) is 0 Å². The molecular weight excluding hydrogens is 376 g/mol. The maximum absolute atomic E-state index is 12.4. The molecule has 0 unspecified atom stereocenters. The van der Waals surface area contributed by atoms with Crippen LogP contribution in [0.2, 0.25) is 0 Å². The normalized spacial score (nSPS) is 11.5. The zero-order valence-electron chi connectivity index (χ0n) is 18.3. The Bertz CT molecular complexity index is 952. The van der Waals surface area contributed by atoms with Crippen LogP contribution in [0.5, 0.6) is 0 Å². The molecule has 0 fully saturated rings. The van der Waals surface area contributed by atoms with Crippen LogP contribution in [0.15, 0.2) is 52.9 Å². The Kier molecular flexibility index (Phi) is 7.00. The van der Waals surface area contributed by atoms with Crippen LogP contribution < -0.4 is 5.32 Å². The minimum atomic E-state index is -0.0834. The molecule has 2 aromatic carbocycles. The lowest BCUT2D eigenvalue weighted by Crippen LogP contribution is -2.42. The SMILES string of the molecule is Cc1ccc(-c2nnc(-c3ccc(C(=O)NCCN(C(C)C)C(C)C)cc3)o2)cc1. The van der Waals surface area contributed by atoms with Crippen LogP contribution in [-0.4, -0.2) is 46.2 Å². The number of amides is 1. The number of carbonyl (C=O) groups excluding carboxylic acids is 1. The quantitative estimate of drug-likeness (QED) is 0.594. The van der Waals surface area contributed by atoms with Crippen molar-refractivity contribution in [2.24, 2.45) is 0 Å². The first-order chi connectivity index (χ1) is 14.3. The van der Waals surface area contributed by atoms with E-state index in [0.29, 0.717) is 36.0 Å². The molecule has 0 saturated heterocycles. The van der Waals surface area contributed by atoms with Crippen molar-refractivity contribution in [3.8, 4) is 22.9 Å². The van der Waals surface area contributed by atoms with Crippen LogP contribution in [0.3, 0.4) is 0 Å². The first-order valence-corrected chi connectivity index (χ1v) is 10.4. The van der Waals surface area contributed by atoms with Crippen molar-refractivity contribution < 1.29 is 9.21 Å². The predicted molar refractivity (Wildman–Crippen MR) is 119 cm³/mol. The van der Waals surface area contributed by atoms with Gasteiger partial charge in [-0.05, 0) is 71.0 Å². The van der Waals surface area contributed by atoms with Gasteiger partial charge < -0.3 is 9.73 Å². The number of hydrogen-bond donors (Lipinski definition) is 1. The van der Waals surface area contributed by atoms with E-state index in [1.54, 1.807) is 12.1 Å². The van der Waals surface area contributed by atoms with Crippen molar-refractivity contribution in [1.82, 2.24) is 20.4 Å². The third-order valence-corrected chi connectivity index (χ3v) is 5.10. The van der Waals surface area contributed by atoms with E-state index in [1.807, 2.05) is 43.3 Å². The van der Waals surface area contributed by atoms with Crippen LogP contribution in [0.4, 0.5) is 0 Å². The second kappa shape index (κ2) is 9.67.